The Morgan fingerprint density at radius 1 is 1.17 bits per heavy atom. The molecule has 128 valence electrons. The third kappa shape index (κ3) is 3.22. The quantitative estimate of drug-likeness (QED) is 0.740. The van der Waals surface area contributed by atoms with Crippen LogP contribution in [0.3, 0.4) is 0 Å². The average Bonchev–Trinajstić information content (AvgIpc) is 2.53. The van der Waals surface area contributed by atoms with Crippen molar-refractivity contribution in [2.24, 2.45) is 0 Å². The molecule has 3 rings (SSSR count). The third-order valence-electron chi connectivity index (χ3n) is 3.55. The summed E-state index contributed by atoms with van der Waals surface area (Å²) >= 11 is 3.64. The van der Waals surface area contributed by atoms with E-state index in [0.29, 0.717) is 23.7 Å². The molecule has 4 nitrogen and oxygen atoms in total. The fraction of sp³-hybridized carbons (Fsp3) is 0.200. The number of rotatable bonds is 2. The first-order valence-electron chi connectivity index (χ1n) is 6.78. The van der Waals surface area contributed by atoms with Gasteiger partial charge in [-0.15, -0.1) is 0 Å². The second-order valence-corrected chi connectivity index (χ2v) is 6.38. The molecule has 0 N–H and O–H groups in total. The van der Waals surface area contributed by atoms with Gasteiger partial charge in [0.1, 0.15) is 12.4 Å². The van der Waals surface area contributed by atoms with Crippen LogP contribution in [0.1, 0.15) is 5.56 Å². The van der Waals surface area contributed by atoms with E-state index in [9.17, 15) is 21.9 Å². The van der Waals surface area contributed by atoms with Crippen molar-refractivity contribution in [3.8, 4) is 5.75 Å². The van der Waals surface area contributed by atoms with Crippen molar-refractivity contribution in [3.63, 3.8) is 0 Å². The number of benzene rings is 2. The SMILES string of the molecule is O=S([O-])c1ccc2c(c1)OCCN2c1ccc(C(F)(F)F)cc1Cl. The van der Waals surface area contributed by atoms with Crippen LogP contribution in [0.25, 0.3) is 0 Å². The monoisotopic (exact) mass is 376 g/mol. The first kappa shape index (κ1) is 17.1. The van der Waals surface area contributed by atoms with Crippen LogP contribution < -0.4 is 9.64 Å². The molecule has 0 amide bonds. The highest BCUT2D eigenvalue weighted by molar-refractivity contribution is 7.79. The number of hydrogen-bond acceptors (Lipinski definition) is 4. The van der Waals surface area contributed by atoms with Gasteiger partial charge in [-0.2, -0.15) is 13.2 Å². The van der Waals surface area contributed by atoms with E-state index in [1.165, 1.54) is 24.3 Å². The smallest absolute Gasteiger partial charge is 0.416 e. The largest absolute Gasteiger partial charge is 0.768 e. The second-order valence-electron chi connectivity index (χ2n) is 5.03. The van der Waals surface area contributed by atoms with Gasteiger partial charge in [-0.3, -0.25) is 4.21 Å². The maximum atomic E-state index is 12.8. The van der Waals surface area contributed by atoms with Gasteiger partial charge in [-0.1, -0.05) is 11.6 Å². The number of nitrogens with zero attached hydrogens (tertiary/aromatic N) is 1. The summed E-state index contributed by atoms with van der Waals surface area (Å²) in [5.41, 5.74) is 0.101. The van der Waals surface area contributed by atoms with E-state index in [1.54, 1.807) is 4.90 Å². The van der Waals surface area contributed by atoms with Crippen LogP contribution in [0.5, 0.6) is 5.75 Å². The number of ether oxygens (including phenoxy) is 1. The molecule has 2 aromatic rings. The van der Waals surface area contributed by atoms with Crippen LogP contribution in [0.4, 0.5) is 24.5 Å². The zero-order valence-corrected chi connectivity index (χ0v) is 13.5. The Balaban J connectivity index is 2.02. The highest BCUT2D eigenvalue weighted by atomic mass is 35.5. The molecule has 0 radical (unpaired) electrons. The summed E-state index contributed by atoms with van der Waals surface area (Å²) in [6.07, 6.45) is -4.47. The Bertz CT molecular complexity index is 813. The van der Waals surface area contributed by atoms with Gasteiger partial charge in [0.2, 0.25) is 0 Å². The van der Waals surface area contributed by atoms with Crippen molar-refractivity contribution in [2.75, 3.05) is 18.1 Å². The van der Waals surface area contributed by atoms with Crippen LogP contribution in [0, 0.1) is 0 Å². The lowest BCUT2D eigenvalue weighted by Gasteiger charge is -2.32. The van der Waals surface area contributed by atoms with Gasteiger partial charge < -0.3 is 14.2 Å². The molecule has 1 atom stereocenters. The highest BCUT2D eigenvalue weighted by Crippen LogP contribution is 2.42. The lowest BCUT2D eigenvalue weighted by atomic mass is 10.1. The van der Waals surface area contributed by atoms with E-state index in [0.717, 1.165) is 12.1 Å². The van der Waals surface area contributed by atoms with Crippen LogP contribution in [-0.2, 0) is 17.3 Å². The zero-order chi connectivity index (χ0) is 17.5. The van der Waals surface area contributed by atoms with E-state index in [-0.39, 0.29) is 16.5 Å². The molecule has 0 saturated carbocycles. The van der Waals surface area contributed by atoms with Crippen molar-refractivity contribution < 1.29 is 26.7 Å². The summed E-state index contributed by atoms with van der Waals surface area (Å²) in [7, 11) is 0. The summed E-state index contributed by atoms with van der Waals surface area (Å²) in [6, 6.07) is 7.41. The molecule has 1 aliphatic heterocycles. The molecular weight excluding hydrogens is 367 g/mol. The van der Waals surface area contributed by atoms with Gasteiger partial charge in [-0.25, -0.2) is 0 Å². The number of halogens is 4. The lowest BCUT2D eigenvalue weighted by molar-refractivity contribution is -0.137. The Morgan fingerprint density at radius 3 is 2.50 bits per heavy atom. The van der Waals surface area contributed by atoms with Gasteiger partial charge >= 0.3 is 6.18 Å². The Labute approximate surface area is 143 Å². The van der Waals surface area contributed by atoms with E-state index >= 15 is 0 Å². The third-order valence-corrected chi connectivity index (χ3v) is 4.49. The molecule has 24 heavy (non-hydrogen) atoms. The van der Waals surface area contributed by atoms with E-state index in [2.05, 4.69) is 0 Å². The molecule has 1 aliphatic rings. The first-order valence-corrected chi connectivity index (χ1v) is 8.23. The van der Waals surface area contributed by atoms with Gasteiger partial charge in [0.15, 0.2) is 0 Å². The fourth-order valence-corrected chi connectivity index (χ4v) is 3.12. The van der Waals surface area contributed by atoms with Crippen molar-refractivity contribution in [3.05, 3.63) is 47.0 Å². The molecule has 0 spiro atoms. The molecule has 0 aliphatic carbocycles. The minimum absolute atomic E-state index is 0.0471. The maximum absolute atomic E-state index is 12.8. The van der Waals surface area contributed by atoms with E-state index < -0.39 is 22.8 Å². The van der Waals surface area contributed by atoms with Crippen LogP contribution >= 0.6 is 11.6 Å². The predicted molar refractivity (Wildman–Crippen MR) is 82.6 cm³/mol. The molecule has 1 heterocycles. The summed E-state index contributed by atoms with van der Waals surface area (Å²) in [5, 5.41) is -0.0471. The van der Waals surface area contributed by atoms with Gasteiger partial charge in [-0.05, 0) is 47.5 Å². The topological polar surface area (TPSA) is 52.6 Å². The van der Waals surface area contributed by atoms with Crippen LogP contribution in [-0.4, -0.2) is 21.9 Å². The molecule has 0 fully saturated rings. The number of alkyl halides is 3. The van der Waals surface area contributed by atoms with Crippen LogP contribution in [0.2, 0.25) is 5.02 Å². The summed E-state index contributed by atoms with van der Waals surface area (Å²) in [5.74, 6) is 0.332. The average molecular weight is 377 g/mol. The van der Waals surface area contributed by atoms with Crippen molar-refractivity contribution in [1.29, 1.82) is 0 Å². The second kappa shape index (κ2) is 6.27. The highest BCUT2D eigenvalue weighted by Gasteiger charge is 2.32. The normalized spacial score (nSPS) is 15.6. The van der Waals surface area contributed by atoms with Gasteiger partial charge in [0.05, 0.1) is 28.5 Å². The maximum Gasteiger partial charge on any atom is 0.416 e. The Kier molecular flexibility index (Phi) is 4.46. The van der Waals surface area contributed by atoms with E-state index in [1.807, 2.05) is 0 Å². The Morgan fingerprint density at radius 2 is 1.88 bits per heavy atom. The number of hydrogen-bond donors (Lipinski definition) is 0. The first-order chi connectivity index (χ1) is 11.3. The molecular formula is C15H10ClF3NO3S-. The zero-order valence-electron chi connectivity index (χ0n) is 12.0. The van der Waals surface area contributed by atoms with Crippen LogP contribution in [0.15, 0.2) is 41.3 Å². The molecule has 0 saturated heterocycles. The summed E-state index contributed by atoms with van der Waals surface area (Å²) in [6.45, 7) is 0.622. The van der Waals surface area contributed by atoms with Gasteiger partial charge in [0, 0.05) is 4.90 Å². The summed E-state index contributed by atoms with van der Waals surface area (Å²) in [4.78, 5) is 1.76. The molecule has 0 aromatic heterocycles. The van der Waals surface area contributed by atoms with Crippen molar-refractivity contribution in [1.82, 2.24) is 0 Å². The number of anilines is 2. The van der Waals surface area contributed by atoms with Crippen molar-refractivity contribution in [2.45, 2.75) is 11.1 Å². The Hall–Kier alpha value is -1.77. The minimum atomic E-state index is -4.47. The molecule has 0 bridgehead atoms. The predicted octanol–water partition coefficient (Wildman–Crippen LogP) is 4.13. The van der Waals surface area contributed by atoms with Crippen molar-refractivity contribution >= 4 is 34.1 Å². The fourth-order valence-electron chi connectivity index (χ4n) is 2.46. The minimum Gasteiger partial charge on any atom is -0.768 e. The van der Waals surface area contributed by atoms with Gasteiger partial charge in [0.25, 0.3) is 0 Å². The molecule has 9 heteroatoms. The lowest BCUT2D eigenvalue weighted by Crippen LogP contribution is -2.29. The standard InChI is InChI=1S/C15H11ClF3NO3S/c16-11-7-9(15(17,18)19)1-3-12(11)20-5-6-23-14-8-10(24(21)22)2-4-13(14)20/h1-4,7-8H,5-6H2,(H,21,22)/p-1. The molecule has 1 unspecified atom stereocenters. The molecule has 2 aromatic carbocycles. The van der Waals surface area contributed by atoms with E-state index in [4.69, 9.17) is 16.3 Å². The summed E-state index contributed by atoms with van der Waals surface area (Å²) < 4.78 is 65.8. The number of fused-ring (bicyclic) bond motifs is 1.